The summed E-state index contributed by atoms with van der Waals surface area (Å²) < 4.78 is 0. The van der Waals surface area contributed by atoms with Crippen LogP contribution in [-0.4, -0.2) is 0 Å². The summed E-state index contributed by atoms with van der Waals surface area (Å²) in [4.78, 5) is 0. The van der Waals surface area contributed by atoms with Crippen molar-refractivity contribution >= 4 is 0 Å². The summed E-state index contributed by atoms with van der Waals surface area (Å²) in [5.74, 6) is 4.36. The van der Waals surface area contributed by atoms with Gasteiger partial charge >= 0.3 is 0 Å². The van der Waals surface area contributed by atoms with Gasteiger partial charge in [0, 0.05) is 0 Å². The maximum atomic E-state index is 2.36. The molecule has 2 aliphatic rings. The van der Waals surface area contributed by atoms with Crippen LogP contribution in [0.3, 0.4) is 0 Å². The Hall–Kier alpha value is 0. The van der Waals surface area contributed by atoms with Gasteiger partial charge in [-0.25, -0.2) is 0 Å². The Bertz CT molecular complexity index is 122. The van der Waals surface area contributed by atoms with Gasteiger partial charge in [0.1, 0.15) is 0 Å². The highest BCUT2D eigenvalue weighted by Crippen LogP contribution is 2.50. The molecular weight excluding hydrogens is 132 g/mol. The predicted molar refractivity (Wildman–Crippen MR) is 48.4 cm³/mol. The highest BCUT2D eigenvalue weighted by Gasteiger charge is 2.39. The zero-order chi connectivity index (χ0) is 7.84. The second-order valence-corrected chi connectivity index (χ2v) is 5.06. The third-order valence-corrected chi connectivity index (χ3v) is 3.65. The number of hydrogen-bond acceptors (Lipinski definition) is 0. The van der Waals surface area contributed by atoms with E-state index in [4.69, 9.17) is 0 Å². The molecule has 64 valence electrons. The van der Waals surface area contributed by atoms with Crippen LogP contribution >= 0.6 is 0 Å². The molecule has 0 aliphatic heterocycles. The maximum Gasteiger partial charge on any atom is -0.0383 e. The lowest BCUT2D eigenvalue weighted by Crippen LogP contribution is -2.18. The fraction of sp³-hybridized carbons (Fsp3) is 1.00. The molecule has 0 radical (unpaired) electrons. The maximum absolute atomic E-state index is 2.36. The molecule has 2 unspecified atom stereocenters. The molecule has 0 aromatic heterocycles. The van der Waals surface area contributed by atoms with Crippen molar-refractivity contribution in [2.24, 2.45) is 23.7 Å². The molecule has 2 fully saturated rings. The van der Waals surface area contributed by atoms with Gasteiger partial charge in [0.15, 0.2) is 0 Å². The minimum Gasteiger partial charge on any atom is -0.0628 e. The summed E-state index contributed by atoms with van der Waals surface area (Å²) in [6.07, 6.45) is 7.75. The minimum absolute atomic E-state index is 0.928. The standard InChI is InChI=1S/C11H20/c1-8(2)5-9-6-10-3-4-11(10)7-9/h8-11H,3-7H2,1-2H3. The van der Waals surface area contributed by atoms with E-state index in [1.165, 1.54) is 18.3 Å². The summed E-state index contributed by atoms with van der Waals surface area (Å²) in [7, 11) is 0. The lowest BCUT2D eigenvalue weighted by Gasteiger charge is -2.29. The average Bonchev–Trinajstić information content (AvgIpc) is 2.12. The van der Waals surface area contributed by atoms with E-state index in [0.29, 0.717) is 0 Å². The fourth-order valence-electron chi connectivity index (χ4n) is 3.07. The Morgan fingerprint density at radius 3 is 2.00 bits per heavy atom. The largest absolute Gasteiger partial charge is 0.0628 e. The first kappa shape index (κ1) is 7.64. The van der Waals surface area contributed by atoms with Gasteiger partial charge in [-0.2, -0.15) is 0 Å². The predicted octanol–water partition coefficient (Wildman–Crippen LogP) is 3.47. The van der Waals surface area contributed by atoms with Gasteiger partial charge in [-0.1, -0.05) is 13.8 Å². The molecule has 0 bridgehead atoms. The van der Waals surface area contributed by atoms with Crippen LogP contribution in [0.5, 0.6) is 0 Å². The fourth-order valence-corrected chi connectivity index (χ4v) is 3.07. The highest BCUT2D eigenvalue weighted by atomic mass is 14.4. The van der Waals surface area contributed by atoms with Crippen molar-refractivity contribution in [2.75, 3.05) is 0 Å². The Labute approximate surface area is 70.4 Å². The van der Waals surface area contributed by atoms with Crippen LogP contribution in [0.1, 0.15) is 46.0 Å². The van der Waals surface area contributed by atoms with Crippen LogP contribution in [0, 0.1) is 23.7 Å². The van der Waals surface area contributed by atoms with E-state index in [9.17, 15) is 0 Å². The minimum atomic E-state index is 0.928. The van der Waals surface area contributed by atoms with Crippen LogP contribution in [0.15, 0.2) is 0 Å². The number of fused-ring (bicyclic) bond motifs is 1. The van der Waals surface area contributed by atoms with Gasteiger partial charge in [0.25, 0.3) is 0 Å². The molecule has 0 aromatic carbocycles. The molecule has 0 N–H and O–H groups in total. The second kappa shape index (κ2) is 2.80. The first-order valence-corrected chi connectivity index (χ1v) is 5.25. The Morgan fingerprint density at radius 2 is 1.64 bits per heavy atom. The molecule has 0 heterocycles. The van der Waals surface area contributed by atoms with E-state index in [0.717, 1.165) is 11.8 Å². The zero-order valence-electron chi connectivity index (χ0n) is 7.84. The zero-order valence-corrected chi connectivity index (χ0v) is 7.84. The van der Waals surface area contributed by atoms with Gasteiger partial charge in [0.05, 0.1) is 0 Å². The molecule has 2 rings (SSSR count). The van der Waals surface area contributed by atoms with Gasteiger partial charge in [-0.15, -0.1) is 0 Å². The smallest absolute Gasteiger partial charge is 0.0383 e. The van der Waals surface area contributed by atoms with Gasteiger partial charge in [0.2, 0.25) is 0 Å². The summed E-state index contributed by atoms with van der Waals surface area (Å²) in [5.41, 5.74) is 0. The molecular formula is C11H20. The molecule has 0 spiro atoms. The lowest BCUT2D eigenvalue weighted by molar-refractivity contribution is 0.219. The normalized spacial score (nSPS) is 42.3. The van der Waals surface area contributed by atoms with Crippen LogP contribution < -0.4 is 0 Å². The topological polar surface area (TPSA) is 0 Å². The molecule has 11 heavy (non-hydrogen) atoms. The lowest BCUT2D eigenvalue weighted by atomic mass is 9.77. The molecule has 0 heteroatoms. The van der Waals surface area contributed by atoms with Gasteiger partial charge in [-0.3, -0.25) is 0 Å². The van der Waals surface area contributed by atoms with E-state index in [2.05, 4.69) is 13.8 Å². The van der Waals surface area contributed by atoms with Crippen molar-refractivity contribution in [2.45, 2.75) is 46.0 Å². The van der Waals surface area contributed by atoms with Crippen molar-refractivity contribution < 1.29 is 0 Å². The summed E-state index contributed by atoms with van der Waals surface area (Å²) in [6.45, 7) is 4.72. The summed E-state index contributed by atoms with van der Waals surface area (Å²) in [6, 6.07) is 0. The SMILES string of the molecule is CC(C)CC1CC2CCC2C1. The van der Waals surface area contributed by atoms with E-state index in [1.54, 1.807) is 25.7 Å². The van der Waals surface area contributed by atoms with Crippen LogP contribution in [0.25, 0.3) is 0 Å². The Kier molecular flexibility index (Phi) is 1.95. The molecule has 2 aliphatic carbocycles. The molecule has 0 amide bonds. The summed E-state index contributed by atoms with van der Waals surface area (Å²) in [5, 5.41) is 0. The van der Waals surface area contributed by atoms with Crippen molar-refractivity contribution in [1.82, 2.24) is 0 Å². The summed E-state index contributed by atoms with van der Waals surface area (Å²) >= 11 is 0. The molecule has 0 saturated heterocycles. The van der Waals surface area contributed by atoms with Crippen molar-refractivity contribution in [3.63, 3.8) is 0 Å². The van der Waals surface area contributed by atoms with Crippen LogP contribution in [0.4, 0.5) is 0 Å². The van der Waals surface area contributed by atoms with Crippen molar-refractivity contribution in [1.29, 1.82) is 0 Å². The third kappa shape index (κ3) is 1.45. The quantitative estimate of drug-likeness (QED) is 0.568. The molecule has 0 nitrogen and oxygen atoms in total. The monoisotopic (exact) mass is 152 g/mol. The van der Waals surface area contributed by atoms with Crippen molar-refractivity contribution in [3.05, 3.63) is 0 Å². The van der Waals surface area contributed by atoms with E-state index in [-0.39, 0.29) is 0 Å². The van der Waals surface area contributed by atoms with Crippen molar-refractivity contribution in [3.8, 4) is 0 Å². The first-order chi connectivity index (χ1) is 5.25. The van der Waals surface area contributed by atoms with Gasteiger partial charge < -0.3 is 0 Å². The molecule has 2 saturated carbocycles. The van der Waals surface area contributed by atoms with E-state index >= 15 is 0 Å². The highest BCUT2D eigenvalue weighted by molar-refractivity contribution is 4.90. The number of hydrogen-bond donors (Lipinski definition) is 0. The van der Waals surface area contributed by atoms with Crippen LogP contribution in [-0.2, 0) is 0 Å². The van der Waals surface area contributed by atoms with E-state index < -0.39 is 0 Å². The molecule has 0 aromatic rings. The Balaban J connectivity index is 1.80. The molecule has 2 atom stereocenters. The van der Waals surface area contributed by atoms with E-state index in [1.807, 2.05) is 0 Å². The first-order valence-electron chi connectivity index (χ1n) is 5.25. The number of rotatable bonds is 2. The third-order valence-electron chi connectivity index (χ3n) is 3.65. The van der Waals surface area contributed by atoms with Gasteiger partial charge in [-0.05, 0) is 55.8 Å². The second-order valence-electron chi connectivity index (χ2n) is 5.06. The Morgan fingerprint density at radius 1 is 1.09 bits per heavy atom. The van der Waals surface area contributed by atoms with Crippen LogP contribution in [0.2, 0.25) is 0 Å². The average molecular weight is 152 g/mol.